The largest absolute Gasteiger partial charge is 0.395 e. The second-order valence-electron chi connectivity index (χ2n) is 6.69. The molecule has 7 heteroatoms. The van der Waals surface area contributed by atoms with E-state index in [2.05, 4.69) is 25.3 Å². The number of aliphatic hydroxyl groups is 1. The van der Waals surface area contributed by atoms with Gasteiger partial charge in [-0.1, -0.05) is 60.7 Å². The van der Waals surface area contributed by atoms with Crippen LogP contribution in [-0.2, 0) is 12.8 Å². The molecule has 0 aliphatic rings. The van der Waals surface area contributed by atoms with Crippen LogP contribution in [0, 0.1) is 0 Å². The molecule has 2 aromatic carbocycles. The molecular formula is C22H22N6O. The van der Waals surface area contributed by atoms with Gasteiger partial charge in [0.15, 0.2) is 0 Å². The van der Waals surface area contributed by atoms with Gasteiger partial charge in [-0.25, -0.2) is 19.9 Å². The first-order valence-electron chi connectivity index (χ1n) is 9.48. The molecule has 2 heterocycles. The van der Waals surface area contributed by atoms with Gasteiger partial charge < -0.3 is 16.2 Å². The molecule has 2 aromatic heterocycles. The third kappa shape index (κ3) is 4.47. The maximum Gasteiger partial charge on any atom is 0.223 e. The fraction of sp³-hybridized carbons (Fsp3) is 0.182. The van der Waals surface area contributed by atoms with Crippen LogP contribution in [-0.4, -0.2) is 38.2 Å². The van der Waals surface area contributed by atoms with Gasteiger partial charge in [0.05, 0.1) is 18.0 Å². The fourth-order valence-electron chi connectivity index (χ4n) is 3.22. The van der Waals surface area contributed by atoms with E-state index in [1.807, 2.05) is 60.7 Å². The molecule has 0 saturated heterocycles. The van der Waals surface area contributed by atoms with Gasteiger partial charge in [0.2, 0.25) is 11.9 Å². The highest BCUT2D eigenvalue weighted by Crippen LogP contribution is 2.23. The third-order valence-corrected chi connectivity index (χ3v) is 4.53. The summed E-state index contributed by atoms with van der Waals surface area (Å²) in [5, 5.41) is 12.2. The fourth-order valence-corrected chi connectivity index (χ4v) is 3.22. The van der Waals surface area contributed by atoms with Crippen molar-refractivity contribution in [2.75, 3.05) is 24.2 Å². The van der Waals surface area contributed by atoms with E-state index >= 15 is 0 Å². The number of hydrogen-bond acceptors (Lipinski definition) is 7. The maximum atomic E-state index is 9.17. The van der Waals surface area contributed by atoms with Crippen molar-refractivity contribution in [3.8, 4) is 0 Å². The lowest BCUT2D eigenvalue weighted by Gasteiger charge is -2.12. The molecule has 4 aromatic rings. The van der Waals surface area contributed by atoms with Gasteiger partial charge >= 0.3 is 0 Å². The highest BCUT2D eigenvalue weighted by molar-refractivity contribution is 5.81. The summed E-state index contributed by atoms with van der Waals surface area (Å²) in [5.41, 5.74) is 11.1. The Morgan fingerprint density at radius 1 is 0.724 bits per heavy atom. The molecule has 0 spiro atoms. The second kappa shape index (κ2) is 8.62. The van der Waals surface area contributed by atoms with E-state index < -0.39 is 0 Å². The lowest BCUT2D eigenvalue weighted by atomic mass is 10.1. The summed E-state index contributed by atoms with van der Waals surface area (Å²) in [4.78, 5) is 18.2. The van der Waals surface area contributed by atoms with Crippen LogP contribution in [0.15, 0.2) is 60.7 Å². The Labute approximate surface area is 168 Å². The van der Waals surface area contributed by atoms with Crippen LogP contribution in [0.2, 0.25) is 0 Å². The molecule has 0 radical (unpaired) electrons. The van der Waals surface area contributed by atoms with Gasteiger partial charge in [-0.15, -0.1) is 0 Å². The number of aromatic nitrogens is 4. The van der Waals surface area contributed by atoms with E-state index in [4.69, 9.17) is 5.73 Å². The Hall–Kier alpha value is -3.58. The lowest BCUT2D eigenvalue weighted by Crippen LogP contribution is -2.13. The highest BCUT2D eigenvalue weighted by atomic mass is 16.3. The molecule has 29 heavy (non-hydrogen) atoms. The van der Waals surface area contributed by atoms with Gasteiger partial charge in [-0.2, -0.15) is 0 Å². The van der Waals surface area contributed by atoms with Crippen LogP contribution in [0.3, 0.4) is 0 Å². The minimum atomic E-state index is -0.00940. The summed E-state index contributed by atoms with van der Waals surface area (Å²) in [6, 6.07) is 20.1. The standard InChI is InChI=1S/C22H22N6O/c23-21-25-17(13-15-7-3-1-4-8-15)20-19(27-21)18(14-16-9-5-2-6-10-16)26-22(28-20)24-11-12-29/h1-10,29H,11-14H2,(H2,23,25,27)(H,24,26,28). The number of aliphatic hydroxyl groups excluding tert-OH is 1. The molecule has 0 atom stereocenters. The molecule has 4 N–H and O–H groups in total. The molecule has 0 fully saturated rings. The van der Waals surface area contributed by atoms with Crippen LogP contribution in [0.5, 0.6) is 0 Å². The monoisotopic (exact) mass is 386 g/mol. The van der Waals surface area contributed by atoms with Gasteiger partial charge in [0.25, 0.3) is 0 Å². The number of nitrogens with one attached hydrogen (secondary N) is 1. The number of nitrogens with two attached hydrogens (primary N) is 1. The summed E-state index contributed by atoms with van der Waals surface area (Å²) in [7, 11) is 0. The Morgan fingerprint density at radius 3 is 1.86 bits per heavy atom. The van der Waals surface area contributed by atoms with Gasteiger partial charge in [0, 0.05) is 19.4 Å². The predicted molar refractivity (Wildman–Crippen MR) is 114 cm³/mol. The average Bonchev–Trinajstić information content (AvgIpc) is 2.74. The highest BCUT2D eigenvalue weighted by Gasteiger charge is 2.16. The Morgan fingerprint density at radius 2 is 1.28 bits per heavy atom. The van der Waals surface area contributed by atoms with Crippen molar-refractivity contribution in [1.29, 1.82) is 0 Å². The summed E-state index contributed by atoms with van der Waals surface area (Å²) in [6.45, 7) is 0.352. The van der Waals surface area contributed by atoms with Gasteiger partial charge in [0.1, 0.15) is 11.0 Å². The summed E-state index contributed by atoms with van der Waals surface area (Å²) in [5.74, 6) is 0.651. The molecular weight excluding hydrogens is 364 g/mol. The van der Waals surface area contributed by atoms with Crippen molar-refractivity contribution in [2.45, 2.75) is 12.8 Å². The normalized spacial score (nSPS) is 10.9. The summed E-state index contributed by atoms with van der Waals surface area (Å²) < 4.78 is 0. The van der Waals surface area contributed by atoms with E-state index in [-0.39, 0.29) is 12.6 Å². The predicted octanol–water partition coefficient (Wildman–Crippen LogP) is 2.59. The maximum absolute atomic E-state index is 9.17. The minimum absolute atomic E-state index is 0.00940. The Kier molecular flexibility index (Phi) is 5.58. The van der Waals surface area contributed by atoms with Gasteiger partial charge in [-0.05, 0) is 11.1 Å². The zero-order valence-corrected chi connectivity index (χ0v) is 15.9. The zero-order valence-electron chi connectivity index (χ0n) is 15.9. The molecule has 146 valence electrons. The molecule has 0 aliphatic carbocycles. The van der Waals surface area contributed by atoms with E-state index in [0.717, 1.165) is 22.5 Å². The van der Waals surface area contributed by atoms with Crippen molar-refractivity contribution in [3.63, 3.8) is 0 Å². The van der Waals surface area contributed by atoms with Crippen molar-refractivity contribution < 1.29 is 5.11 Å². The van der Waals surface area contributed by atoms with Crippen molar-refractivity contribution >= 4 is 22.9 Å². The molecule has 0 saturated carbocycles. The van der Waals surface area contributed by atoms with Crippen LogP contribution < -0.4 is 11.1 Å². The Bertz CT molecular complexity index is 1100. The first-order valence-corrected chi connectivity index (χ1v) is 9.48. The number of anilines is 2. The number of benzene rings is 2. The SMILES string of the molecule is Nc1nc(Cc2ccccc2)c2nc(NCCO)nc(Cc3ccccc3)c2n1. The number of rotatable bonds is 7. The summed E-state index contributed by atoms with van der Waals surface area (Å²) in [6.07, 6.45) is 1.18. The molecule has 0 amide bonds. The smallest absolute Gasteiger partial charge is 0.223 e. The number of hydrogen-bond donors (Lipinski definition) is 3. The van der Waals surface area contributed by atoms with E-state index in [1.165, 1.54) is 0 Å². The average molecular weight is 386 g/mol. The lowest BCUT2D eigenvalue weighted by molar-refractivity contribution is 0.311. The first kappa shape index (κ1) is 18.8. The summed E-state index contributed by atoms with van der Waals surface area (Å²) >= 11 is 0. The number of nitrogen functional groups attached to an aromatic ring is 1. The van der Waals surface area contributed by atoms with Crippen LogP contribution in [0.25, 0.3) is 11.0 Å². The van der Waals surface area contributed by atoms with E-state index in [9.17, 15) is 5.11 Å². The third-order valence-electron chi connectivity index (χ3n) is 4.53. The second-order valence-corrected chi connectivity index (χ2v) is 6.69. The molecule has 0 aliphatic heterocycles. The molecule has 4 rings (SSSR count). The quantitative estimate of drug-likeness (QED) is 0.448. The van der Waals surface area contributed by atoms with Crippen molar-refractivity contribution in [3.05, 3.63) is 83.2 Å². The van der Waals surface area contributed by atoms with Crippen molar-refractivity contribution in [1.82, 2.24) is 19.9 Å². The molecule has 7 nitrogen and oxygen atoms in total. The molecule has 0 unspecified atom stereocenters. The van der Waals surface area contributed by atoms with E-state index in [1.54, 1.807) is 0 Å². The Balaban J connectivity index is 1.84. The zero-order chi connectivity index (χ0) is 20.1. The molecule has 0 bridgehead atoms. The van der Waals surface area contributed by atoms with Crippen LogP contribution in [0.4, 0.5) is 11.9 Å². The van der Waals surface area contributed by atoms with Crippen LogP contribution >= 0.6 is 0 Å². The van der Waals surface area contributed by atoms with Crippen LogP contribution in [0.1, 0.15) is 22.5 Å². The minimum Gasteiger partial charge on any atom is -0.395 e. The first-order chi connectivity index (χ1) is 14.2. The topological polar surface area (TPSA) is 110 Å². The van der Waals surface area contributed by atoms with Gasteiger partial charge in [-0.3, -0.25) is 0 Å². The van der Waals surface area contributed by atoms with Crippen molar-refractivity contribution in [2.24, 2.45) is 0 Å². The number of nitrogens with zero attached hydrogens (tertiary/aromatic N) is 4. The van der Waals surface area contributed by atoms with E-state index in [0.29, 0.717) is 36.4 Å². The number of fused-ring (bicyclic) bond motifs is 1.